The van der Waals surface area contributed by atoms with Gasteiger partial charge in [-0.25, -0.2) is 0 Å². The van der Waals surface area contributed by atoms with E-state index in [-0.39, 0.29) is 5.91 Å². The first-order chi connectivity index (χ1) is 10.7. The van der Waals surface area contributed by atoms with Gasteiger partial charge in [-0.2, -0.15) is 0 Å². The molecule has 0 atom stereocenters. The number of thioether (sulfide) groups is 1. The number of anilines is 1. The Balaban J connectivity index is 1.62. The molecule has 0 saturated carbocycles. The van der Waals surface area contributed by atoms with Crippen LogP contribution in [0.3, 0.4) is 0 Å². The highest BCUT2D eigenvalue weighted by Crippen LogP contribution is 2.32. The predicted molar refractivity (Wildman–Crippen MR) is 89.4 cm³/mol. The van der Waals surface area contributed by atoms with Crippen LogP contribution in [0.5, 0.6) is 5.75 Å². The molecule has 0 fully saturated rings. The van der Waals surface area contributed by atoms with Crippen LogP contribution in [-0.4, -0.2) is 29.8 Å². The highest BCUT2D eigenvalue weighted by atomic mass is 32.2. The number of carbonyl (C=O) groups is 1. The molecule has 114 valence electrons. The lowest BCUT2D eigenvalue weighted by Gasteiger charge is -2.29. The zero-order chi connectivity index (χ0) is 15.4. The third kappa shape index (κ3) is 3.42. The maximum absolute atomic E-state index is 12.5. The number of nitrogens with zero attached hydrogens (tertiary/aromatic N) is 2. The summed E-state index contributed by atoms with van der Waals surface area (Å²) in [7, 11) is 0. The minimum absolute atomic E-state index is 0.132. The van der Waals surface area contributed by atoms with E-state index >= 15 is 0 Å². The summed E-state index contributed by atoms with van der Waals surface area (Å²) in [4.78, 5) is 18.3. The molecular weight excluding hydrogens is 296 g/mol. The molecule has 0 N–H and O–H groups in total. The Labute approximate surface area is 134 Å². The van der Waals surface area contributed by atoms with Gasteiger partial charge in [0.15, 0.2) is 0 Å². The number of rotatable bonds is 4. The van der Waals surface area contributed by atoms with E-state index in [0.29, 0.717) is 18.9 Å². The summed E-state index contributed by atoms with van der Waals surface area (Å²) >= 11 is 1.63. The summed E-state index contributed by atoms with van der Waals surface area (Å²) < 4.78 is 5.65. The molecule has 0 spiro atoms. The van der Waals surface area contributed by atoms with Crippen LogP contribution < -0.4 is 9.64 Å². The van der Waals surface area contributed by atoms with Gasteiger partial charge in [-0.1, -0.05) is 6.07 Å². The van der Waals surface area contributed by atoms with Crippen molar-refractivity contribution >= 4 is 23.4 Å². The van der Waals surface area contributed by atoms with E-state index in [4.69, 9.17) is 4.74 Å². The molecule has 0 radical (unpaired) electrons. The van der Waals surface area contributed by atoms with Gasteiger partial charge in [0, 0.05) is 18.1 Å². The van der Waals surface area contributed by atoms with Gasteiger partial charge >= 0.3 is 0 Å². The third-order valence-corrected chi connectivity index (χ3v) is 4.51. The zero-order valence-electron chi connectivity index (χ0n) is 12.5. The lowest BCUT2D eigenvalue weighted by Crippen LogP contribution is -2.39. The average Bonchev–Trinajstić information content (AvgIpc) is 2.55. The van der Waals surface area contributed by atoms with Gasteiger partial charge in [-0.15, -0.1) is 11.8 Å². The van der Waals surface area contributed by atoms with Gasteiger partial charge in [-0.3, -0.25) is 9.78 Å². The molecule has 0 saturated heterocycles. The molecule has 2 heterocycles. The average molecular weight is 314 g/mol. The van der Waals surface area contributed by atoms with E-state index in [2.05, 4.69) is 4.98 Å². The van der Waals surface area contributed by atoms with Crippen molar-refractivity contribution in [2.75, 3.05) is 23.8 Å². The SMILES string of the molecule is Cc1ccc2c(c1)OCCN2C(=O)CSCc1ccncc1. The first kappa shape index (κ1) is 14.9. The standard InChI is InChI=1S/C17H18N2O2S/c1-13-2-3-15-16(10-13)21-9-8-19(15)17(20)12-22-11-14-4-6-18-7-5-14/h2-7,10H,8-9,11-12H2,1H3. The van der Waals surface area contributed by atoms with Crippen LogP contribution >= 0.6 is 11.8 Å². The van der Waals surface area contributed by atoms with Crippen molar-refractivity contribution in [2.45, 2.75) is 12.7 Å². The van der Waals surface area contributed by atoms with E-state index in [1.807, 2.05) is 42.2 Å². The molecule has 0 bridgehead atoms. The molecule has 1 aliphatic rings. The monoisotopic (exact) mass is 314 g/mol. The third-order valence-electron chi connectivity index (χ3n) is 3.52. The van der Waals surface area contributed by atoms with Crippen LogP contribution in [0.4, 0.5) is 5.69 Å². The Morgan fingerprint density at radius 2 is 2.14 bits per heavy atom. The highest BCUT2D eigenvalue weighted by Gasteiger charge is 2.23. The van der Waals surface area contributed by atoms with E-state index in [1.165, 1.54) is 5.56 Å². The Kier molecular flexibility index (Phi) is 4.63. The molecule has 5 heteroatoms. The number of fused-ring (bicyclic) bond motifs is 1. The molecule has 22 heavy (non-hydrogen) atoms. The molecule has 1 aromatic carbocycles. The molecule has 4 nitrogen and oxygen atoms in total. The van der Waals surface area contributed by atoms with Crippen molar-refractivity contribution < 1.29 is 9.53 Å². The van der Waals surface area contributed by atoms with Gasteiger partial charge in [-0.05, 0) is 42.3 Å². The first-order valence-corrected chi connectivity index (χ1v) is 8.40. The van der Waals surface area contributed by atoms with Crippen molar-refractivity contribution in [3.05, 3.63) is 53.9 Å². The minimum atomic E-state index is 0.132. The number of benzene rings is 1. The largest absolute Gasteiger partial charge is 0.490 e. The Hall–Kier alpha value is -2.01. The topological polar surface area (TPSA) is 42.4 Å². The lowest BCUT2D eigenvalue weighted by atomic mass is 10.1. The highest BCUT2D eigenvalue weighted by molar-refractivity contribution is 7.99. The van der Waals surface area contributed by atoms with E-state index in [9.17, 15) is 4.79 Å². The maximum atomic E-state index is 12.5. The van der Waals surface area contributed by atoms with Crippen molar-refractivity contribution in [3.8, 4) is 5.75 Å². The van der Waals surface area contributed by atoms with Crippen molar-refractivity contribution in [2.24, 2.45) is 0 Å². The summed E-state index contributed by atoms with van der Waals surface area (Å²) in [5.41, 5.74) is 3.21. The number of carbonyl (C=O) groups excluding carboxylic acids is 1. The van der Waals surface area contributed by atoms with Crippen LogP contribution in [0.15, 0.2) is 42.7 Å². The fraction of sp³-hybridized carbons (Fsp3) is 0.294. The maximum Gasteiger partial charge on any atom is 0.237 e. The minimum Gasteiger partial charge on any atom is -0.490 e. The molecule has 1 aromatic heterocycles. The van der Waals surface area contributed by atoms with Gasteiger partial charge < -0.3 is 9.64 Å². The van der Waals surface area contributed by atoms with Crippen LogP contribution in [-0.2, 0) is 10.5 Å². The van der Waals surface area contributed by atoms with Crippen LogP contribution in [0.2, 0.25) is 0 Å². The van der Waals surface area contributed by atoms with Crippen LogP contribution in [0, 0.1) is 6.92 Å². The Morgan fingerprint density at radius 3 is 2.95 bits per heavy atom. The Morgan fingerprint density at radius 1 is 1.32 bits per heavy atom. The van der Waals surface area contributed by atoms with Crippen molar-refractivity contribution in [1.29, 1.82) is 0 Å². The quantitative estimate of drug-likeness (QED) is 0.870. The second kappa shape index (κ2) is 6.83. The number of ether oxygens (including phenoxy) is 1. The molecule has 1 amide bonds. The molecular formula is C17H18N2O2S. The smallest absolute Gasteiger partial charge is 0.237 e. The molecule has 2 aromatic rings. The van der Waals surface area contributed by atoms with E-state index in [0.717, 1.165) is 22.8 Å². The number of amides is 1. The second-order valence-electron chi connectivity index (χ2n) is 5.21. The van der Waals surface area contributed by atoms with Gasteiger partial charge in [0.1, 0.15) is 12.4 Å². The van der Waals surface area contributed by atoms with Crippen LogP contribution in [0.25, 0.3) is 0 Å². The van der Waals surface area contributed by atoms with Gasteiger partial charge in [0.2, 0.25) is 5.91 Å². The number of pyridine rings is 1. The number of hydrogen-bond donors (Lipinski definition) is 0. The fourth-order valence-electron chi connectivity index (χ4n) is 2.40. The Bertz CT molecular complexity index is 661. The first-order valence-electron chi connectivity index (χ1n) is 7.24. The van der Waals surface area contributed by atoms with Crippen molar-refractivity contribution in [3.63, 3.8) is 0 Å². The number of hydrogen-bond acceptors (Lipinski definition) is 4. The van der Waals surface area contributed by atoms with Gasteiger partial charge in [0.25, 0.3) is 0 Å². The molecule has 0 unspecified atom stereocenters. The van der Waals surface area contributed by atoms with E-state index in [1.54, 1.807) is 24.2 Å². The fourth-order valence-corrected chi connectivity index (χ4v) is 3.26. The van der Waals surface area contributed by atoms with Crippen LogP contribution in [0.1, 0.15) is 11.1 Å². The normalized spacial score (nSPS) is 13.4. The summed E-state index contributed by atoms with van der Waals surface area (Å²) in [5.74, 6) is 2.22. The molecule has 0 aliphatic carbocycles. The summed E-state index contributed by atoms with van der Waals surface area (Å²) in [5, 5.41) is 0. The van der Waals surface area contributed by atoms with E-state index < -0.39 is 0 Å². The van der Waals surface area contributed by atoms with Crippen molar-refractivity contribution in [1.82, 2.24) is 4.98 Å². The predicted octanol–water partition coefficient (Wildman–Crippen LogP) is 3.05. The number of aryl methyl sites for hydroxylation is 1. The molecule has 1 aliphatic heterocycles. The second-order valence-corrected chi connectivity index (χ2v) is 6.20. The lowest BCUT2D eigenvalue weighted by molar-refractivity contribution is -0.116. The summed E-state index contributed by atoms with van der Waals surface area (Å²) in [6, 6.07) is 9.92. The zero-order valence-corrected chi connectivity index (χ0v) is 13.3. The van der Waals surface area contributed by atoms with Gasteiger partial charge in [0.05, 0.1) is 18.0 Å². The number of aromatic nitrogens is 1. The summed E-state index contributed by atoms with van der Waals surface area (Å²) in [6.45, 7) is 3.19. The summed E-state index contributed by atoms with van der Waals surface area (Å²) in [6.07, 6.45) is 3.55. The molecule has 3 rings (SSSR count).